The Bertz CT molecular complexity index is 1130. The number of allylic oxidation sites excluding steroid dienone is 2. The van der Waals surface area contributed by atoms with Gasteiger partial charge in [0, 0.05) is 12.1 Å². The zero-order valence-corrected chi connectivity index (χ0v) is 17.6. The lowest BCUT2D eigenvalue weighted by molar-refractivity contribution is -0.142. The molecule has 0 fully saturated rings. The molecule has 0 saturated heterocycles. The molecule has 1 aromatic carbocycles. The van der Waals surface area contributed by atoms with Crippen molar-refractivity contribution in [2.45, 2.75) is 19.5 Å². The molecule has 10 heteroatoms. The van der Waals surface area contributed by atoms with Gasteiger partial charge in [-0.3, -0.25) is 4.79 Å². The number of alkyl halides is 3. The summed E-state index contributed by atoms with van der Waals surface area (Å²) in [4.78, 5) is 15.9. The van der Waals surface area contributed by atoms with Crippen LogP contribution in [0.3, 0.4) is 0 Å². The summed E-state index contributed by atoms with van der Waals surface area (Å²) in [5, 5.41) is 9.24. The Labute approximate surface area is 187 Å². The van der Waals surface area contributed by atoms with Gasteiger partial charge in [-0.05, 0) is 61.2 Å². The van der Waals surface area contributed by atoms with Crippen LogP contribution in [0, 0.1) is 5.82 Å². The fourth-order valence-corrected chi connectivity index (χ4v) is 2.84. The number of hydrogen-bond acceptors (Lipinski definition) is 4. The number of anilines is 1. The first-order valence-electron chi connectivity index (χ1n) is 10.0. The van der Waals surface area contributed by atoms with Gasteiger partial charge in [-0.2, -0.15) is 18.3 Å². The Balaban J connectivity index is 0.000000323. The van der Waals surface area contributed by atoms with Crippen molar-refractivity contribution >= 4 is 11.7 Å². The molecule has 2 N–H and O–H groups in total. The maximum Gasteiger partial charge on any atom is 0.433 e. The van der Waals surface area contributed by atoms with Crippen LogP contribution in [-0.2, 0) is 6.18 Å². The van der Waals surface area contributed by atoms with Crippen LogP contribution in [0.5, 0.6) is 0 Å². The molecular weight excluding hydrogens is 438 g/mol. The van der Waals surface area contributed by atoms with E-state index in [1.165, 1.54) is 29.8 Å². The summed E-state index contributed by atoms with van der Waals surface area (Å²) < 4.78 is 52.2. The van der Waals surface area contributed by atoms with E-state index in [1.807, 2.05) is 12.3 Å². The van der Waals surface area contributed by atoms with Gasteiger partial charge in [-0.25, -0.2) is 14.1 Å². The lowest BCUT2D eigenvalue weighted by Gasteiger charge is -2.10. The second kappa shape index (κ2) is 10.6. The van der Waals surface area contributed by atoms with E-state index in [-0.39, 0.29) is 17.1 Å². The third-order valence-electron chi connectivity index (χ3n) is 4.60. The van der Waals surface area contributed by atoms with Crippen LogP contribution in [0.2, 0.25) is 0 Å². The van der Waals surface area contributed by atoms with Crippen molar-refractivity contribution in [3.05, 3.63) is 95.9 Å². The van der Waals surface area contributed by atoms with E-state index in [9.17, 15) is 22.4 Å². The first kappa shape index (κ1) is 23.7. The van der Waals surface area contributed by atoms with Gasteiger partial charge in [0.1, 0.15) is 17.3 Å². The molecule has 6 nitrogen and oxygen atoms in total. The maximum atomic E-state index is 12.9. The van der Waals surface area contributed by atoms with E-state index in [4.69, 9.17) is 0 Å². The van der Waals surface area contributed by atoms with E-state index < -0.39 is 23.6 Å². The summed E-state index contributed by atoms with van der Waals surface area (Å²) in [5.74, 6) is -0.854. The Hall–Kier alpha value is -3.95. The van der Waals surface area contributed by atoms with Crippen LogP contribution in [0.1, 0.15) is 29.4 Å². The monoisotopic (exact) mass is 459 g/mol. The molecule has 0 bridgehead atoms. The minimum absolute atomic E-state index is 0.0945. The standard InChI is InChI=1S/C16H10F4N4O.C7H11N/c17-11-3-1-10(2-4-11)15(25)23-14-6-5-12(9-21-14)24-13(7-8-22-24)16(18,19)20;1-2-7-4-3-5-8-6-7/h1-9H,(H,21,23,25);3-5,8H,2,6H2,1H3. The third-order valence-corrected chi connectivity index (χ3v) is 4.60. The fraction of sp³-hybridized carbons (Fsp3) is 0.174. The van der Waals surface area contributed by atoms with Crippen molar-refractivity contribution < 1.29 is 22.4 Å². The van der Waals surface area contributed by atoms with E-state index >= 15 is 0 Å². The minimum Gasteiger partial charge on any atom is -0.387 e. The minimum atomic E-state index is -4.55. The quantitative estimate of drug-likeness (QED) is 0.532. The Morgan fingerprint density at radius 2 is 1.91 bits per heavy atom. The van der Waals surface area contributed by atoms with Crippen molar-refractivity contribution in [3.8, 4) is 5.69 Å². The molecule has 0 atom stereocenters. The van der Waals surface area contributed by atoms with Gasteiger partial charge in [0.25, 0.3) is 5.91 Å². The molecular formula is C23H21F4N5O. The highest BCUT2D eigenvalue weighted by molar-refractivity contribution is 6.03. The van der Waals surface area contributed by atoms with E-state index in [0.29, 0.717) is 4.68 Å². The number of aromatic nitrogens is 3. The van der Waals surface area contributed by atoms with Crippen LogP contribution in [0.4, 0.5) is 23.4 Å². The zero-order chi connectivity index (χ0) is 23.8. The SMILES string of the molecule is CCC1=CC=CNC1.O=C(Nc1ccc(-n2nccc2C(F)(F)F)cn1)c1ccc(F)cc1. The Morgan fingerprint density at radius 1 is 1.15 bits per heavy atom. The van der Waals surface area contributed by atoms with Crippen LogP contribution in [0.25, 0.3) is 5.69 Å². The molecule has 172 valence electrons. The van der Waals surface area contributed by atoms with Crippen LogP contribution in [0.15, 0.2) is 78.8 Å². The molecule has 0 aliphatic carbocycles. The van der Waals surface area contributed by atoms with Gasteiger partial charge >= 0.3 is 6.18 Å². The van der Waals surface area contributed by atoms with Gasteiger partial charge in [0.05, 0.1) is 18.1 Å². The second-order valence-corrected chi connectivity index (χ2v) is 6.91. The summed E-state index contributed by atoms with van der Waals surface area (Å²) in [7, 11) is 0. The van der Waals surface area contributed by atoms with Crippen LogP contribution >= 0.6 is 0 Å². The van der Waals surface area contributed by atoms with E-state index in [1.54, 1.807) is 0 Å². The average Bonchev–Trinajstić information content (AvgIpc) is 3.32. The molecule has 33 heavy (non-hydrogen) atoms. The number of halogens is 4. The van der Waals surface area contributed by atoms with Crippen molar-refractivity contribution in [3.63, 3.8) is 0 Å². The summed E-state index contributed by atoms with van der Waals surface area (Å²) in [6, 6.07) is 8.43. The number of amides is 1. The van der Waals surface area contributed by atoms with Gasteiger partial charge in [0.2, 0.25) is 0 Å². The molecule has 3 aromatic rings. The van der Waals surface area contributed by atoms with E-state index in [2.05, 4.69) is 33.7 Å². The van der Waals surface area contributed by atoms with Crippen molar-refractivity contribution in [2.75, 3.05) is 11.9 Å². The number of benzene rings is 1. The fourth-order valence-electron chi connectivity index (χ4n) is 2.84. The second-order valence-electron chi connectivity index (χ2n) is 6.91. The molecule has 1 aliphatic rings. The predicted molar refractivity (Wildman–Crippen MR) is 116 cm³/mol. The Morgan fingerprint density at radius 3 is 2.45 bits per heavy atom. The van der Waals surface area contributed by atoms with Crippen molar-refractivity contribution in [1.29, 1.82) is 0 Å². The van der Waals surface area contributed by atoms with Gasteiger partial charge in [-0.15, -0.1) is 0 Å². The molecule has 0 spiro atoms. The van der Waals surface area contributed by atoms with Crippen molar-refractivity contribution in [1.82, 2.24) is 20.1 Å². The number of pyridine rings is 1. The normalized spacial score (nSPS) is 12.8. The number of dihydropyridines is 1. The number of carbonyl (C=O) groups excluding carboxylic acids is 1. The first-order valence-corrected chi connectivity index (χ1v) is 10.0. The van der Waals surface area contributed by atoms with Crippen LogP contribution in [-0.4, -0.2) is 27.2 Å². The highest BCUT2D eigenvalue weighted by atomic mass is 19.4. The lowest BCUT2D eigenvalue weighted by atomic mass is 10.1. The summed E-state index contributed by atoms with van der Waals surface area (Å²) >= 11 is 0. The van der Waals surface area contributed by atoms with Crippen molar-refractivity contribution in [2.24, 2.45) is 0 Å². The molecule has 4 rings (SSSR count). The predicted octanol–water partition coefficient (Wildman–Crippen LogP) is 5.12. The molecule has 1 amide bonds. The highest BCUT2D eigenvalue weighted by Crippen LogP contribution is 2.30. The van der Waals surface area contributed by atoms with Gasteiger partial charge in [0.15, 0.2) is 0 Å². The molecule has 3 heterocycles. The average molecular weight is 459 g/mol. The molecule has 0 radical (unpaired) electrons. The molecule has 2 aromatic heterocycles. The highest BCUT2D eigenvalue weighted by Gasteiger charge is 2.35. The number of hydrogen-bond donors (Lipinski definition) is 2. The first-order chi connectivity index (χ1) is 15.8. The van der Waals surface area contributed by atoms with Crippen LogP contribution < -0.4 is 10.6 Å². The molecule has 0 saturated carbocycles. The Kier molecular flexibility index (Phi) is 7.60. The topological polar surface area (TPSA) is 71.8 Å². The summed E-state index contributed by atoms with van der Waals surface area (Å²) in [5.41, 5.74) is 0.862. The largest absolute Gasteiger partial charge is 0.433 e. The number of rotatable bonds is 4. The lowest BCUT2D eigenvalue weighted by Crippen LogP contribution is -2.15. The molecule has 1 aliphatic heterocycles. The number of nitrogens with zero attached hydrogens (tertiary/aromatic N) is 3. The third kappa shape index (κ3) is 6.52. The van der Waals surface area contributed by atoms with E-state index in [0.717, 1.165) is 43.6 Å². The van der Waals surface area contributed by atoms with Gasteiger partial charge in [-0.1, -0.05) is 18.6 Å². The summed E-state index contributed by atoms with van der Waals surface area (Å²) in [6.07, 6.45) is 4.98. The number of nitrogens with one attached hydrogen (secondary N) is 2. The smallest absolute Gasteiger partial charge is 0.387 e. The maximum absolute atomic E-state index is 12.9. The molecule has 0 unspecified atom stereocenters. The summed E-state index contributed by atoms with van der Waals surface area (Å²) in [6.45, 7) is 3.21. The number of carbonyl (C=O) groups is 1. The van der Waals surface area contributed by atoms with Gasteiger partial charge < -0.3 is 10.6 Å². The zero-order valence-electron chi connectivity index (χ0n) is 17.6.